The maximum Gasteiger partial charge on any atom is 0.243 e. The number of carbonyl (C=O) groups excluding carboxylic acids is 1. The molecule has 2 aromatic carbocycles. The number of sulfonamides is 1. The van der Waals surface area contributed by atoms with Gasteiger partial charge in [0.25, 0.3) is 0 Å². The van der Waals surface area contributed by atoms with E-state index in [0.29, 0.717) is 23.9 Å². The van der Waals surface area contributed by atoms with E-state index in [2.05, 4.69) is 5.32 Å². The van der Waals surface area contributed by atoms with E-state index in [1.807, 2.05) is 18.2 Å². The van der Waals surface area contributed by atoms with Crippen molar-refractivity contribution in [1.82, 2.24) is 4.31 Å². The van der Waals surface area contributed by atoms with Gasteiger partial charge in [-0.05, 0) is 35.9 Å². The van der Waals surface area contributed by atoms with Crippen LogP contribution in [0.4, 0.5) is 5.69 Å². The van der Waals surface area contributed by atoms with E-state index in [9.17, 15) is 13.2 Å². The first kappa shape index (κ1) is 23.0. The van der Waals surface area contributed by atoms with Crippen LogP contribution in [0.1, 0.15) is 19.4 Å². The van der Waals surface area contributed by atoms with Crippen molar-refractivity contribution in [3.63, 3.8) is 0 Å². The molecule has 5 nitrogen and oxygen atoms in total. The zero-order valence-electron chi connectivity index (χ0n) is 15.6. The monoisotopic (exact) mass is 460 g/mol. The summed E-state index contributed by atoms with van der Waals surface area (Å²) in [5, 5.41) is 3.63. The summed E-state index contributed by atoms with van der Waals surface area (Å²) in [4.78, 5) is 12.4. The first-order chi connectivity index (χ1) is 13.3. The standard InChI is InChI=1S/C19H22Cl2N2O3S2/c1-3-23(4-2)28(25,26)16-8-9-17(21)18(11-16)22-19(24)13-27-12-14-6-5-7-15(20)10-14/h5-11H,3-4,12-13H2,1-2H3,(H,22,24). The summed E-state index contributed by atoms with van der Waals surface area (Å²) in [6, 6.07) is 11.8. The minimum absolute atomic E-state index is 0.0995. The fraction of sp³-hybridized carbons (Fsp3) is 0.316. The van der Waals surface area contributed by atoms with Crippen molar-refractivity contribution in [3.05, 3.63) is 58.1 Å². The van der Waals surface area contributed by atoms with Gasteiger partial charge in [0.2, 0.25) is 15.9 Å². The molecule has 0 spiro atoms. The Morgan fingerprint density at radius 1 is 1.11 bits per heavy atom. The molecule has 2 aromatic rings. The second-order valence-corrected chi connectivity index (χ2v) is 9.67. The third-order valence-electron chi connectivity index (χ3n) is 3.95. The van der Waals surface area contributed by atoms with Gasteiger partial charge >= 0.3 is 0 Å². The highest BCUT2D eigenvalue weighted by Crippen LogP contribution is 2.27. The zero-order valence-corrected chi connectivity index (χ0v) is 18.8. The molecular weight excluding hydrogens is 439 g/mol. The van der Waals surface area contributed by atoms with Crippen molar-refractivity contribution in [2.45, 2.75) is 24.5 Å². The van der Waals surface area contributed by atoms with Gasteiger partial charge in [-0.25, -0.2) is 8.42 Å². The van der Waals surface area contributed by atoms with Crippen molar-refractivity contribution in [2.75, 3.05) is 24.2 Å². The Hall–Kier alpha value is -1.25. The Balaban J connectivity index is 2.04. The fourth-order valence-electron chi connectivity index (χ4n) is 2.55. The molecule has 0 bridgehead atoms. The minimum atomic E-state index is -3.63. The first-order valence-corrected chi connectivity index (χ1v) is 12.0. The smallest absolute Gasteiger partial charge is 0.243 e. The average Bonchev–Trinajstić information content (AvgIpc) is 2.64. The predicted octanol–water partition coefficient (Wildman–Crippen LogP) is 4.90. The highest BCUT2D eigenvalue weighted by molar-refractivity contribution is 7.99. The van der Waals surface area contributed by atoms with E-state index in [0.717, 1.165) is 5.56 Å². The van der Waals surface area contributed by atoms with Crippen LogP contribution in [0.2, 0.25) is 10.0 Å². The summed E-state index contributed by atoms with van der Waals surface area (Å²) in [7, 11) is -3.63. The number of benzene rings is 2. The first-order valence-electron chi connectivity index (χ1n) is 8.69. The van der Waals surface area contributed by atoms with Crippen LogP contribution in [0, 0.1) is 0 Å². The number of amides is 1. The van der Waals surface area contributed by atoms with Crippen LogP contribution in [0.25, 0.3) is 0 Å². The van der Waals surface area contributed by atoms with Crippen molar-refractivity contribution in [3.8, 4) is 0 Å². The quantitative estimate of drug-likeness (QED) is 0.577. The van der Waals surface area contributed by atoms with Crippen LogP contribution in [0.15, 0.2) is 47.4 Å². The molecule has 0 aliphatic heterocycles. The number of thioether (sulfide) groups is 1. The largest absolute Gasteiger partial charge is 0.324 e. The van der Waals surface area contributed by atoms with Gasteiger partial charge in [-0.2, -0.15) is 4.31 Å². The van der Waals surface area contributed by atoms with Crippen LogP contribution in [0.5, 0.6) is 0 Å². The molecule has 2 rings (SSSR count). The molecule has 0 saturated carbocycles. The van der Waals surface area contributed by atoms with E-state index in [4.69, 9.17) is 23.2 Å². The molecule has 1 amide bonds. The molecule has 28 heavy (non-hydrogen) atoms. The molecule has 0 atom stereocenters. The lowest BCUT2D eigenvalue weighted by Crippen LogP contribution is -2.30. The molecule has 0 aromatic heterocycles. The number of hydrogen-bond acceptors (Lipinski definition) is 4. The number of halogens is 2. The summed E-state index contributed by atoms with van der Waals surface area (Å²) in [5.74, 6) is 0.583. The molecule has 0 aliphatic rings. The zero-order chi connectivity index (χ0) is 20.7. The molecule has 0 unspecified atom stereocenters. The van der Waals surface area contributed by atoms with E-state index >= 15 is 0 Å². The van der Waals surface area contributed by atoms with E-state index in [-0.39, 0.29) is 27.3 Å². The second-order valence-electron chi connectivity index (χ2n) is 5.90. The lowest BCUT2D eigenvalue weighted by molar-refractivity contribution is -0.113. The van der Waals surface area contributed by atoms with Crippen molar-refractivity contribution < 1.29 is 13.2 Å². The Labute approximate surface area is 180 Å². The highest BCUT2D eigenvalue weighted by Gasteiger charge is 2.22. The van der Waals surface area contributed by atoms with Crippen molar-refractivity contribution >= 4 is 56.6 Å². The lowest BCUT2D eigenvalue weighted by Gasteiger charge is -2.19. The molecule has 1 N–H and O–H groups in total. The third-order valence-corrected chi connectivity index (χ3v) is 7.56. The maximum absolute atomic E-state index is 12.7. The SMILES string of the molecule is CCN(CC)S(=O)(=O)c1ccc(Cl)c(NC(=O)CSCc2cccc(Cl)c2)c1. The van der Waals surface area contributed by atoms with Gasteiger partial charge in [-0.1, -0.05) is 49.2 Å². The van der Waals surface area contributed by atoms with Crippen LogP contribution in [-0.2, 0) is 20.6 Å². The Morgan fingerprint density at radius 2 is 1.82 bits per heavy atom. The molecular formula is C19H22Cl2N2O3S2. The summed E-state index contributed by atoms with van der Waals surface area (Å²) >= 11 is 13.5. The van der Waals surface area contributed by atoms with E-state index in [1.165, 1.54) is 34.3 Å². The van der Waals surface area contributed by atoms with Gasteiger partial charge in [-0.15, -0.1) is 11.8 Å². The Kier molecular flexibility index (Phi) is 8.64. The van der Waals surface area contributed by atoms with Crippen molar-refractivity contribution in [1.29, 1.82) is 0 Å². The number of hydrogen-bond donors (Lipinski definition) is 1. The summed E-state index contributed by atoms with van der Waals surface area (Å²) in [6.45, 7) is 4.28. The van der Waals surface area contributed by atoms with Gasteiger partial charge in [0.1, 0.15) is 0 Å². The molecule has 0 heterocycles. The minimum Gasteiger partial charge on any atom is -0.324 e. The van der Waals surface area contributed by atoms with E-state index < -0.39 is 10.0 Å². The van der Waals surface area contributed by atoms with Crippen LogP contribution in [0.3, 0.4) is 0 Å². The van der Waals surface area contributed by atoms with Crippen LogP contribution in [-0.4, -0.2) is 37.5 Å². The predicted molar refractivity (Wildman–Crippen MR) is 118 cm³/mol. The number of anilines is 1. The second kappa shape index (κ2) is 10.5. The van der Waals surface area contributed by atoms with Gasteiger partial charge in [0.15, 0.2) is 0 Å². The summed E-state index contributed by atoms with van der Waals surface area (Å²) in [6.07, 6.45) is 0. The number of nitrogens with one attached hydrogen (secondary N) is 1. The van der Waals surface area contributed by atoms with Crippen LogP contribution >= 0.6 is 35.0 Å². The van der Waals surface area contributed by atoms with Gasteiger partial charge in [-0.3, -0.25) is 4.79 Å². The Bertz CT molecular complexity index is 933. The normalized spacial score (nSPS) is 11.6. The average molecular weight is 461 g/mol. The highest BCUT2D eigenvalue weighted by atomic mass is 35.5. The maximum atomic E-state index is 12.7. The molecule has 9 heteroatoms. The molecule has 0 radical (unpaired) electrons. The topological polar surface area (TPSA) is 66.5 Å². The van der Waals surface area contributed by atoms with E-state index in [1.54, 1.807) is 19.9 Å². The Morgan fingerprint density at radius 3 is 2.46 bits per heavy atom. The molecule has 0 aliphatic carbocycles. The summed E-state index contributed by atoms with van der Waals surface area (Å²) < 4.78 is 26.7. The van der Waals surface area contributed by atoms with Gasteiger partial charge in [0.05, 0.1) is 21.4 Å². The number of rotatable bonds is 9. The molecule has 0 saturated heterocycles. The molecule has 152 valence electrons. The van der Waals surface area contributed by atoms with Gasteiger partial charge < -0.3 is 5.32 Å². The third kappa shape index (κ3) is 6.12. The molecule has 0 fully saturated rings. The fourth-order valence-corrected chi connectivity index (χ4v) is 5.19. The van der Waals surface area contributed by atoms with Crippen LogP contribution < -0.4 is 5.32 Å². The number of nitrogens with zero attached hydrogens (tertiary/aromatic N) is 1. The number of carbonyl (C=O) groups is 1. The van der Waals surface area contributed by atoms with Gasteiger partial charge in [0, 0.05) is 23.9 Å². The summed E-state index contributed by atoms with van der Waals surface area (Å²) in [5.41, 5.74) is 1.30. The lowest BCUT2D eigenvalue weighted by atomic mass is 10.2. The van der Waals surface area contributed by atoms with Crippen molar-refractivity contribution in [2.24, 2.45) is 0 Å².